The molecule has 1 aliphatic heterocycles. The monoisotopic (exact) mass is 311 g/mol. The Morgan fingerprint density at radius 1 is 1.52 bits per heavy atom. The van der Waals surface area contributed by atoms with Crippen molar-refractivity contribution in [1.29, 1.82) is 0 Å². The topological polar surface area (TPSA) is 91.3 Å². The molecule has 0 radical (unpaired) electrons. The van der Waals surface area contributed by atoms with E-state index in [4.69, 9.17) is 5.11 Å². The van der Waals surface area contributed by atoms with Crippen LogP contribution in [0.15, 0.2) is 5.38 Å². The SMILES string of the molecule is CCC1(C(=O)NC(C)c2nc(C(=O)O)cs2)CCNCC1. The van der Waals surface area contributed by atoms with Crippen molar-refractivity contribution in [2.75, 3.05) is 13.1 Å². The van der Waals surface area contributed by atoms with Crippen molar-refractivity contribution in [3.05, 3.63) is 16.1 Å². The first-order chi connectivity index (χ1) is 9.98. The second-order valence-electron chi connectivity index (χ2n) is 5.46. The summed E-state index contributed by atoms with van der Waals surface area (Å²) >= 11 is 1.26. The average molecular weight is 311 g/mol. The molecule has 3 N–H and O–H groups in total. The third-order valence-electron chi connectivity index (χ3n) is 4.18. The quantitative estimate of drug-likeness (QED) is 0.771. The number of carbonyl (C=O) groups excluding carboxylic acids is 1. The number of amides is 1. The lowest BCUT2D eigenvalue weighted by molar-refractivity contribution is -0.133. The molecule has 1 unspecified atom stereocenters. The fraction of sp³-hybridized carbons (Fsp3) is 0.643. The molecular formula is C14H21N3O3S. The van der Waals surface area contributed by atoms with Gasteiger partial charge in [-0.15, -0.1) is 11.3 Å². The summed E-state index contributed by atoms with van der Waals surface area (Å²) < 4.78 is 0. The van der Waals surface area contributed by atoms with Crippen molar-refractivity contribution in [2.45, 2.75) is 39.2 Å². The van der Waals surface area contributed by atoms with Gasteiger partial charge in [-0.2, -0.15) is 0 Å². The number of nitrogens with zero attached hydrogens (tertiary/aromatic N) is 1. The summed E-state index contributed by atoms with van der Waals surface area (Å²) in [5, 5.41) is 17.3. The Bertz CT molecular complexity index is 523. The maximum absolute atomic E-state index is 12.6. The molecule has 7 heteroatoms. The summed E-state index contributed by atoms with van der Waals surface area (Å²) in [5.41, 5.74) is -0.282. The number of aromatic carboxylic acids is 1. The van der Waals surface area contributed by atoms with Crippen molar-refractivity contribution >= 4 is 23.2 Å². The van der Waals surface area contributed by atoms with E-state index in [0.29, 0.717) is 5.01 Å². The third kappa shape index (κ3) is 3.41. The summed E-state index contributed by atoms with van der Waals surface area (Å²) in [6.07, 6.45) is 2.48. The van der Waals surface area contributed by atoms with Crippen molar-refractivity contribution in [1.82, 2.24) is 15.6 Å². The van der Waals surface area contributed by atoms with Gasteiger partial charge in [-0.05, 0) is 39.3 Å². The second kappa shape index (κ2) is 6.53. The second-order valence-corrected chi connectivity index (χ2v) is 6.34. The van der Waals surface area contributed by atoms with Gasteiger partial charge in [0.25, 0.3) is 0 Å². The van der Waals surface area contributed by atoms with E-state index in [1.54, 1.807) is 0 Å². The molecule has 1 aliphatic rings. The Morgan fingerprint density at radius 2 is 2.19 bits per heavy atom. The third-order valence-corrected chi connectivity index (χ3v) is 5.21. The summed E-state index contributed by atoms with van der Waals surface area (Å²) in [5.74, 6) is -0.995. The highest BCUT2D eigenvalue weighted by Crippen LogP contribution is 2.33. The van der Waals surface area contributed by atoms with E-state index in [-0.39, 0.29) is 23.1 Å². The van der Waals surface area contributed by atoms with Crippen molar-refractivity contribution in [2.24, 2.45) is 5.41 Å². The van der Waals surface area contributed by atoms with Gasteiger partial charge < -0.3 is 15.7 Å². The number of hydrogen-bond acceptors (Lipinski definition) is 5. The first-order valence-electron chi connectivity index (χ1n) is 7.19. The highest BCUT2D eigenvalue weighted by molar-refractivity contribution is 7.09. The lowest BCUT2D eigenvalue weighted by Crippen LogP contribution is -2.47. The maximum Gasteiger partial charge on any atom is 0.355 e. The van der Waals surface area contributed by atoms with Crippen LogP contribution in [-0.4, -0.2) is 35.1 Å². The van der Waals surface area contributed by atoms with Gasteiger partial charge in [0.15, 0.2) is 5.69 Å². The van der Waals surface area contributed by atoms with Gasteiger partial charge >= 0.3 is 5.97 Å². The number of thiazole rings is 1. The highest BCUT2D eigenvalue weighted by Gasteiger charge is 2.38. The minimum absolute atomic E-state index is 0.0307. The van der Waals surface area contributed by atoms with Crippen LogP contribution in [0.3, 0.4) is 0 Å². The number of rotatable bonds is 5. The van der Waals surface area contributed by atoms with Gasteiger partial charge in [0.1, 0.15) is 5.01 Å². The molecule has 0 spiro atoms. The van der Waals surface area contributed by atoms with Gasteiger partial charge in [-0.1, -0.05) is 6.92 Å². The Kier molecular flexibility index (Phi) is 4.95. The van der Waals surface area contributed by atoms with Gasteiger partial charge in [0.2, 0.25) is 5.91 Å². The minimum Gasteiger partial charge on any atom is -0.476 e. The van der Waals surface area contributed by atoms with Crippen LogP contribution in [0.1, 0.15) is 54.6 Å². The average Bonchev–Trinajstić information content (AvgIpc) is 2.98. The van der Waals surface area contributed by atoms with Crippen molar-refractivity contribution < 1.29 is 14.7 Å². The Hall–Kier alpha value is -1.47. The normalized spacial score (nSPS) is 19.0. The van der Waals surface area contributed by atoms with Crippen LogP contribution < -0.4 is 10.6 Å². The van der Waals surface area contributed by atoms with E-state index >= 15 is 0 Å². The zero-order valence-electron chi connectivity index (χ0n) is 12.3. The van der Waals surface area contributed by atoms with Crippen LogP contribution in [0.25, 0.3) is 0 Å². The van der Waals surface area contributed by atoms with Crippen LogP contribution in [0.5, 0.6) is 0 Å². The van der Waals surface area contributed by atoms with Gasteiger partial charge in [0, 0.05) is 5.38 Å². The number of nitrogens with one attached hydrogen (secondary N) is 2. The molecule has 1 aromatic rings. The largest absolute Gasteiger partial charge is 0.476 e. The van der Waals surface area contributed by atoms with E-state index in [0.717, 1.165) is 32.4 Å². The lowest BCUT2D eigenvalue weighted by atomic mass is 9.75. The molecule has 1 saturated heterocycles. The Labute approximate surface area is 128 Å². The molecule has 116 valence electrons. The summed E-state index contributed by atoms with van der Waals surface area (Å²) in [4.78, 5) is 27.5. The van der Waals surface area contributed by atoms with E-state index in [1.165, 1.54) is 16.7 Å². The highest BCUT2D eigenvalue weighted by atomic mass is 32.1. The van der Waals surface area contributed by atoms with Crippen LogP contribution in [0, 0.1) is 5.41 Å². The van der Waals surface area contributed by atoms with E-state index in [1.807, 2.05) is 13.8 Å². The summed E-state index contributed by atoms with van der Waals surface area (Å²) in [7, 11) is 0. The first kappa shape index (κ1) is 15.9. The van der Waals surface area contributed by atoms with E-state index in [9.17, 15) is 9.59 Å². The summed E-state index contributed by atoms with van der Waals surface area (Å²) in [6.45, 7) is 5.60. The number of piperidine rings is 1. The maximum atomic E-state index is 12.6. The standard InChI is InChI=1S/C14H21N3O3S/c1-3-14(4-6-15-7-5-14)13(20)16-9(2)11-17-10(8-21-11)12(18)19/h8-9,15H,3-7H2,1-2H3,(H,16,20)(H,18,19). The predicted molar refractivity (Wildman–Crippen MR) is 80.5 cm³/mol. The molecule has 0 saturated carbocycles. The predicted octanol–water partition coefficient (Wildman–Crippen LogP) is 1.80. The van der Waals surface area contributed by atoms with Gasteiger partial charge in [-0.25, -0.2) is 9.78 Å². The molecule has 1 aromatic heterocycles. The Morgan fingerprint density at radius 3 is 2.71 bits per heavy atom. The van der Waals surface area contributed by atoms with Crippen LogP contribution in [-0.2, 0) is 4.79 Å². The van der Waals surface area contributed by atoms with Crippen LogP contribution >= 0.6 is 11.3 Å². The number of carboxylic acid groups (broad SMARTS) is 1. The fourth-order valence-corrected chi connectivity index (χ4v) is 3.44. The zero-order valence-corrected chi connectivity index (χ0v) is 13.1. The molecule has 0 aliphatic carbocycles. The molecule has 0 aromatic carbocycles. The molecule has 6 nitrogen and oxygen atoms in total. The lowest BCUT2D eigenvalue weighted by Gasteiger charge is -2.36. The van der Waals surface area contributed by atoms with E-state index < -0.39 is 5.97 Å². The van der Waals surface area contributed by atoms with Gasteiger partial charge in [0.05, 0.1) is 11.5 Å². The first-order valence-corrected chi connectivity index (χ1v) is 8.07. The number of carboxylic acids is 1. The molecule has 1 atom stereocenters. The number of carbonyl (C=O) groups is 2. The van der Waals surface area contributed by atoms with E-state index in [2.05, 4.69) is 15.6 Å². The molecule has 1 fully saturated rings. The van der Waals surface area contributed by atoms with Crippen molar-refractivity contribution in [3.63, 3.8) is 0 Å². The Balaban J connectivity index is 2.05. The minimum atomic E-state index is -1.04. The number of aromatic nitrogens is 1. The van der Waals surface area contributed by atoms with Gasteiger partial charge in [-0.3, -0.25) is 4.79 Å². The molecule has 2 rings (SSSR count). The smallest absolute Gasteiger partial charge is 0.355 e. The molecular weight excluding hydrogens is 290 g/mol. The molecule has 0 bridgehead atoms. The summed E-state index contributed by atoms with van der Waals surface area (Å²) in [6, 6.07) is -0.270. The zero-order chi connectivity index (χ0) is 15.5. The van der Waals surface area contributed by atoms with Crippen molar-refractivity contribution in [3.8, 4) is 0 Å². The number of hydrogen-bond donors (Lipinski definition) is 3. The molecule has 21 heavy (non-hydrogen) atoms. The van der Waals surface area contributed by atoms with Crippen LogP contribution in [0.2, 0.25) is 0 Å². The molecule has 1 amide bonds. The van der Waals surface area contributed by atoms with Crippen LogP contribution in [0.4, 0.5) is 0 Å². The fourth-order valence-electron chi connectivity index (χ4n) is 2.64. The molecule has 2 heterocycles.